The molecule has 0 fully saturated rings. The summed E-state index contributed by atoms with van der Waals surface area (Å²) in [6, 6.07) is 4.77. The first-order chi connectivity index (χ1) is 6.81. The molecule has 1 nitrogen and oxygen atoms in total. The van der Waals surface area contributed by atoms with Gasteiger partial charge in [-0.05, 0) is 69.0 Å². The number of halogens is 1. The number of thiophene rings is 2. The zero-order valence-electron chi connectivity index (χ0n) is 7.66. The van der Waals surface area contributed by atoms with E-state index < -0.39 is 0 Å². The third-order valence-electron chi connectivity index (χ3n) is 2.09. The minimum atomic E-state index is 0.348. The Balaban J connectivity index is 2.31. The Morgan fingerprint density at radius 2 is 2.21 bits per heavy atom. The molecule has 0 bridgehead atoms. The number of rotatable bonds is 3. The van der Waals surface area contributed by atoms with E-state index in [4.69, 9.17) is 0 Å². The molecule has 0 aromatic carbocycles. The topological polar surface area (TPSA) is 12.0 Å². The van der Waals surface area contributed by atoms with Crippen LogP contribution >= 0.6 is 45.3 Å². The van der Waals surface area contributed by atoms with Crippen LogP contribution in [-0.2, 0) is 0 Å². The molecule has 74 valence electrons. The second kappa shape index (κ2) is 4.74. The molecule has 0 amide bonds. The molecule has 0 aliphatic carbocycles. The van der Waals surface area contributed by atoms with Gasteiger partial charge >= 0.3 is 0 Å². The molecule has 2 aromatic heterocycles. The van der Waals surface area contributed by atoms with Crippen LogP contribution in [-0.4, -0.2) is 7.05 Å². The fourth-order valence-corrected chi connectivity index (χ4v) is 3.52. The highest BCUT2D eigenvalue weighted by molar-refractivity contribution is 14.1. The molecular formula is C10H10INS2. The molecule has 0 aliphatic heterocycles. The third-order valence-corrected chi connectivity index (χ3v) is 4.59. The van der Waals surface area contributed by atoms with Gasteiger partial charge in [-0.1, -0.05) is 0 Å². The molecule has 0 aliphatic rings. The quantitative estimate of drug-likeness (QED) is 0.843. The van der Waals surface area contributed by atoms with Crippen molar-refractivity contribution in [3.63, 3.8) is 0 Å². The second-order valence-corrected chi connectivity index (χ2v) is 6.55. The van der Waals surface area contributed by atoms with Crippen LogP contribution in [0.1, 0.15) is 17.2 Å². The summed E-state index contributed by atoms with van der Waals surface area (Å²) in [6.45, 7) is 0. The molecule has 0 radical (unpaired) electrons. The van der Waals surface area contributed by atoms with E-state index in [9.17, 15) is 0 Å². The zero-order valence-corrected chi connectivity index (χ0v) is 11.4. The summed E-state index contributed by atoms with van der Waals surface area (Å²) in [5.74, 6) is 0. The molecule has 4 heteroatoms. The fourth-order valence-electron chi connectivity index (χ4n) is 1.44. The Labute approximate surface area is 105 Å². The summed E-state index contributed by atoms with van der Waals surface area (Å²) >= 11 is 5.90. The van der Waals surface area contributed by atoms with Gasteiger partial charge in [0.1, 0.15) is 0 Å². The van der Waals surface area contributed by atoms with Crippen LogP contribution in [0, 0.1) is 2.88 Å². The van der Waals surface area contributed by atoms with Crippen LogP contribution < -0.4 is 5.32 Å². The SMILES string of the molecule is CNC(c1ccsc1)c1csc(I)c1. The van der Waals surface area contributed by atoms with Crippen molar-refractivity contribution < 1.29 is 0 Å². The van der Waals surface area contributed by atoms with Crippen LogP contribution in [0.15, 0.2) is 28.3 Å². The largest absolute Gasteiger partial charge is 0.309 e. The smallest absolute Gasteiger partial charge is 0.0656 e. The van der Waals surface area contributed by atoms with Crippen molar-refractivity contribution in [3.8, 4) is 0 Å². The van der Waals surface area contributed by atoms with E-state index in [-0.39, 0.29) is 0 Å². The first kappa shape index (κ1) is 10.6. The van der Waals surface area contributed by atoms with Gasteiger partial charge in [0.25, 0.3) is 0 Å². The second-order valence-electron chi connectivity index (χ2n) is 2.96. The molecule has 2 rings (SSSR count). The van der Waals surface area contributed by atoms with Gasteiger partial charge in [0, 0.05) is 0 Å². The van der Waals surface area contributed by atoms with Crippen molar-refractivity contribution in [1.29, 1.82) is 0 Å². The monoisotopic (exact) mass is 335 g/mol. The van der Waals surface area contributed by atoms with Gasteiger partial charge < -0.3 is 5.32 Å². The van der Waals surface area contributed by atoms with E-state index in [1.165, 1.54) is 14.0 Å². The van der Waals surface area contributed by atoms with Crippen molar-refractivity contribution >= 4 is 45.3 Å². The highest BCUT2D eigenvalue weighted by Gasteiger charge is 2.13. The first-order valence-electron chi connectivity index (χ1n) is 4.24. The lowest BCUT2D eigenvalue weighted by Gasteiger charge is -2.12. The lowest BCUT2D eigenvalue weighted by atomic mass is 10.1. The number of hydrogen-bond donors (Lipinski definition) is 1. The fraction of sp³-hybridized carbons (Fsp3) is 0.200. The Kier molecular flexibility index (Phi) is 3.59. The Bertz CT molecular complexity index is 394. The molecular weight excluding hydrogens is 325 g/mol. The first-order valence-corrected chi connectivity index (χ1v) is 7.14. The van der Waals surface area contributed by atoms with Crippen LogP contribution in [0.3, 0.4) is 0 Å². The standard InChI is InChI=1S/C10H10INS2/c1-12-10(7-2-3-13-5-7)8-4-9(11)14-6-8/h2-6,10,12H,1H3. The molecule has 14 heavy (non-hydrogen) atoms. The van der Waals surface area contributed by atoms with Crippen molar-refractivity contribution in [2.75, 3.05) is 7.05 Å². The average molecular weight is 335 g/mol. The van der Waals surface area contributed by atoms with Gasteiger partial charge in [-0.25, -0.2) is 0 Å². The lowest BCUT2D eigenvalue weighted by molar-refractivity contribution is 0.696. The van der Waals surface area contributed by atoms with E-state index in [1.54, 1.807) is 22.7 Å². The molecule has 1 atom stereocenters. The number of hydrogen-bond acceptors (Lipinski definition) is 3. The highest BCUT2D eigenvalue weighted by Crippen LogP contribution is 2.28. The van der Waals surface area contributed by atoms with Gasteiger partial charge in [-0.15, -0.1) is 11.3 Å². The summed E-state index contributed by atoms with van der Waals surface area (Å²) in [5.41, 5.74) is 2.71. The van der Waals surface area contributed by atoms with Gasteiger partial charge in [0.15, 0.2) is 0 Å². The molecule has 1 unspecified atom stereocenters. The maximum Gasteiger partial charge on any atom is 0.0656 e. The predicted molar refractivity (Wildman–Crippen MR) is 72.3 cm³/mol. The van der Waals surface area contributed by atoms with Gasteiger partial charge in [-0.2, -0.15) is 11.3 Å². The summed E-state index contributed by atoms with van der Waals surface area (Å²) in [5, 5.41) is 9.89. The van der Waals surface area contributed by atoms with Crippen molar-refractivity contribution in [2.45, 2.75) is 6.04 Å². The zero-order chi connectivity index (χ0) is 9.97. The predicted octanol–water partition coefficient (Wildman–Crippen LogP) is 3.72. The summed E-state index contributed by atoms with van der Waals surface area (Å²) < 4.78 is 1.34. The Morgan fingerprint density at radius 3 is 2.71 bits per heavy atom. The maximum absolute atomic E-state index is 3.34. The van der Waals surface area contributed by atoms with Gasteiger partial charge in [-0.3, -0.25) is 0 Å². The maximum atomic E-state index is 3.34. The summed E-state index contributed by atoms with van der Waals surface area (Å²) in [6.07, 6.45) is 0. The third kappa shape index (κ3) is 2.18. The van der Waals surface area contributed by atoms with Gasteiger partial charge in [0.05, 0.1) is 8.93 Å². The average Bonchev–Trinajstić information content (AvgIpc) is 2.79. The number of nitrogens with one attached hydrogen (secondary N) is 1. The van der Waals surface area contributed by atoms with Crippen molar-refractivity contribution in [1.82, 2.24) is 5.32 Å². The van der Waals surface area contributed by atoms with Crippen LogP contribution in [0.25, 0.3) is 0 Å². The Morgan fingerprint density at radius 1 is 1.36 bits per heavy atom. The van der Waals surface area contributed by atoms with E-state index >= 15 is 0 Å². The Hall–Kier alpha value is 0.0900. The summed E-state index contributed by atoms with van der Waals surface area (Å²) in [4.78, 5) is 0. The molecule has 0 spiro atoms. The molecule has 2 heterocycles. The lowest BCUT2D eigenvalue weighted by Crippen LogP contribution is -2.16. The van der Waals surface area contributed by atoms with Crippen LogP contribution in [0.5, 0.6) is 0 Å². The molecule has 0 saturated carbocycles. The van der Waals surface area contributed by atoms with E-state index in [1.807, 2.05) is 7.05 Å². The minimum absolute atomic E-state index is 0.348. The van der Waals surface area contributed by atoms with Crippen LogP contribution in [0.2, 0.25) is 0 Å². The normalized spacial score (nSPS) is 13.0. The van der Waals surface area contributed by atoms with Gasteiger partial charge in [0.2, 0.25) is 0 Å². The highest BCUT2D eigenvalue weighted by atomic mass is 127. The molecule has 0 saturated heterocycles. The van der Waals surface area contributed by atoms with Crippen molar-refractivity contribution in [2.24, 2.45) is 0 Å². The van der Waals surface area contributed by atoms with E-state index in [2.05, 4.69) is 56.2 Å². The molecule has 2 aromatic rings. The molecule has 1 N–H and O–H groups in total. The van der Waals surface area contributed by atoms with E-state index in [0.717, 1.165) is 0 Å². The van der Waals surface area contributed by atoms with Crippen LogP contribution in [0.4, 0.5) is 0 Å². The van der Waals surface area contributed by atoms with Crippen molar-refractivity contribution in [3.05, 3.63) is 42.3 Å². The minimum Gasteiger partial charge on any atom is -0.309 e. The van der Waals surface area contributed by atoms with E-state index in [0.29, 0.717) is 6.04 Å². The summed E-state index contributed by atoms with van der Waals surface area (Å²) in [7, 11) is 2.01.